The van der Waals surface area contributed by atoms with Gasteiger partial charge in [0.15, 0.2) is 0 Å². The predicted octanol–water partition coefficient (Wildman–Crippen LogP) is 4.06. The van der Waals surface area contributed by atoms with E-state index in [0.29, 0.717) is 0 Å². The van der Waals surface area contributed by atoms with Crippen LogP contribution in [-0.4, -0.2) is 6.54 Å². The maximum atomic E-state index is 3.54. The van der Waals surface area contributed by atoms with Crippen LogP contribution in [0.15, 0.2) is 60.0 Å². The van der Waals surface area contributed by atoms with Gasteiger partial charge in [-0.15, -0.1) is 0 Å². The largest absolute Gasteiger partial charge is 0.339 e. The molecule has 0 radical (unpaired) electrons. The highest BCUT2D eigenvalue weighted by molar-refractivity contribution is 5.82. The number of anilines is 2. The van der Waals surface area contributed by atoms with E-state index in [4.69, 9.17) is 0 Å². The van der Waals surface area contributed by atoms with Crippen LogP contribution in [0.4, 0.5) is 11.4 Å². The van der Waals surface area contributed by atoms with Crippen molar-refractivity contribution < 1.29 is 0 Å². The Labute approximate surface area is 108 Å². The fourth-order valence-electron chi connectivity index (χ4n) is 2.44. The molecule has 3 rings (SSSR count). The lowest BCUT2D eigenvalue weighted by Gasteiger charge is -2.21. The number of para-hydroxylation sites is 2. The Kier molecular flexibility index (Phi) is 2.93. The summed E-state index contributed by atoms with van der Waals surface area (Å²) in [4.78, 5) is 2.40. The molecule has 2 nitrogen and oxygen atoms in total. The van der Waals surface area contributed by atoms with Crippen LogP contribution in [0, 0.1) is 0 Å². The van der Waals surface area contributed by atoms with Gasteiger partial charge in [-0.25, -0.2) is 0 Å². The van der Waals surface area contributed by atoms with Gasteiger partial charge in [0.1, 0.15) is 5.82 Å². The first-order chi connectivity index (χ1) is 8.90. The molecule has 0 atom stereocenters. The molecule has 0 unspecified atom stereocenters. The number of nitrogens with one attached hydrogen (secondary N) is 1. The molecule has 1 aromatic rings. The van der Waals surface area contributed by atoms with E-state index in [1.165, 1.54) is 35.6 Å². The Morgan fingerprint density at radius 1 is 1.11 bits per heavy atom. The summed E-state index contributed by atoms with van der Waals surface area (Å²) in [5.74, 6) is 1.22. The van der Waals surface area contributed by atoms with E-state index < -0.39 is 0 Å². The molecule has 18 heavy (non-hydrogen) atoms. The van der Waals surface area contributed by atoms with E-state index in [-0.39, 0.29) is 0 Å². The van der Waals surface area contributed by atoms with Gasteiger partial charge in [0.05, 0.1) is 11.4 Å². The quantitative estimate of drug-likeness (QED) is 0.854. The molecular weight excluding hydrogens is 220 g/mol. The van der Waals surface area contributed by atoms with Crippen molar-refractivity contribution in [3.63, 3.8) is 0 Å². The van der Waals surface area contributed by atoms with Gasteiger partial charge in [0.25, 0.3) is 0 Å². The number of hydrogen-bond acceptors (Lipinski definition) is 2. The first-order valence-electron chi connectivity index (χ1n) is 6.63. The van der Waals surface area contributed by atoms with Crippen LogP contribution in [0.3, 0.4) is 0 Å². The molecule has 1 aliphatic heterocycles. The summed E-state index contributed by atoms with van der Waals surface area (Å²) in [6, 6.07) is 8.52. The Balaban J connectivity index is 2.00. The van der Waals surface area contributed by atoms with Crippen molar-refractivity contribution in [1.29, 1.82) is 0 Å². The zero-order chi connectivity index (χ0) is 12.4. The molecule has 2 heteroatoms. The highest BCUT2D eigenvalue weighted by Crippen LogP contribution is 2.38. The summed E-state index contributed by atoms with van der Waals surface area (Å²) in [5, 5.41) is 3.54. The van der Waals surface area contributed by atoms with Crippen LogP contribution in [0.5, 0.6) is 0 Å². The molecule has 0 saturated heterocycles. The zero-order valence-electron chi connectivity index (χ0n) is 10.7. The Hall–Kier alpha value is -1.96. The number of allylic oxidation sites excluding steroid dienone is 5. The van der Waals surface area contributed by atoms with Gasteiger partial charge >= 0.3 is 0 Å². The third-order valence-corrected chi connectivity index (χ3v) is 3.39. The Morgan fingerprint density at radius 2 is 1.89 bits per heavy atom. The van der Waals surface area contributed by atoms with Crippen LogP contribution in [0.1, 0.15) is 19.8 Å². The first-order valence-corrected chi connectivity index (χ1v) is 6.63. The highest BCUT2D eigenvalue weighted by atomic mass is 15.3. The molecule has 0 fully saturated rings. The average Bonchev–Trinajstić information content (AvgIpc) is 3.03. The molecule has 1 heterocycles. The molecule has 1 N–H and O–H groups in total. The van der Waals surface area contributed by atoms with E-state index in [1.54, 1.807) is 0 Å². The topological polar surface area (TPSA) is 15.3 Å². The van der Waals surface area contributed by atoms with Crippen molar-refractivity contribution in [2.45, 2.75) is 19.8 Å². The first kappa shape index (κ1) is 11.1. The molecule has 1 aliphatic carbocycles. The third kappa shape index (κ3) is 1.84. The van der Waals surface area contributed by atoms with E-state index in [9.17, 15) is 0 Å². The van der Waals surface area contributed by atoms with E-state index in [0.717, 1.165) is 6.54 Å². The fraction of sp³-hybridized carbons (Fsp3) is 0.250. The molecule has 0 bridgehead atoms. The lowest BCUT2D eigenvalue weighted by molar-refractivity contribution is 0.774. The minimum Gasteiger partial charge on any atom is -0.339 e. The zero-order valence-corrected chi connectivity index (χ0v) is 10.7. The SMILES string of the molecule is CCCCN1C(=C2C=CC=C2)Nc2ccccc21. The van der Waals surface area contributed by atoms with Crippen molar-refractivity contribution >= 4 is 11.4 Å². The molecule has 0 spiro atoms. The molecule has 0 amide bonds. The average molecular weight is 238 g/mol. The molecule has 2 aliphatic rings. The van der Waals surface area contributed by atoms with Gasteiger partial charge in [0.2, 0.25) is 0 Å². The summed E-state index contributed by atoms with van der Waals surface area (Å²) in [6.07, 6.45) is 10.9. The Bertz CT molecular complexity index is 524. The van der Waals surface area contributed by atoms with Crippen molar-refractivity contribution in [2.24, 2.45) is 0 Å². The van der Waals surface area contributed by atoms with Gasteiger partial charge < -0.3 is 10.2 Å². The van der Waals surface area contributed by atoms with Gasteiger partial charge in [-0.3, -0.25) is 0 Å². The minimum absolute atomic E-state index is 1.07. The maximum Gasteiger partial charge on any atom is 0.118 e. The van der Waals surface area contributed by atoms with Gasteiger partial charge in [-0.2, -0.15) is 0 Å². The summed E-state index contributed by atoms with van der Waals surface area (Å²) in [7, 11) is 0. The molecule has 0 saturated carbocycles. The molecular formula is C16H18N2. The van der Waals surface area contributed by atoms with Gasteiger partial charge in [-0.1, -0.05) is 49.8 Å². The van der Waals surface area contributed by atoms with E-state index in [2.05, 4.69) is 65.7 Å². The number of fused-ring (bicyclic) bond motifs is 1. The summed E-state index contributed by atoms with van der Waals surface area (Å²) in [5.41, 5.74) is 3.77. The van der Waals surface area contributed by atoms with Crippen LogP contribution >= 0.6 is 0 Å². The normalized spacial score (nSPS) is 16.4. The lowest BCUT2D eigenvalue weighted by atomic mass is 10.2. The van der Waals surface area contributed by atoms with Gasteiger partial charge in [-0.05, 0) is 18.6 Å². The smallest absolute Gasteiger partial charge is 0.118 e. The van der Waals surface area contributed by atoms with E-state index >= 15 is 0 Å². The highest BCUT2D eigenvalue weighted by Gasteiger charge is 2.24. The predicted molar refractivity (Wildman–Crippen MR) is 77.6 cm³/mol. The van der Waals surface area contributed by atoms with Crippen molar-refractivity contribution in [2.75, 3.05) is 16.8 Å². The summed E-state index contributed by atoms with van der Waals surface area (Å²) < 4.78 is 0. The fourth-order valence-corrected chi connectivity index (χ4v) is 2.44. The van der Waals surface area contributed by atoms with Crippen LogP contribution < -0.4 is 10.2 Å². The number of nitrogens with zero attached hydrogens (tertiary/aromatic N) is 1. The van der Waals surface area contributed by atoms with Crippen molar-refractivity contribution in [1.82, 2.24) is 0 Å². The van der Waals surface area contributed by atoms with Crippen molar-refractivity contribution in [3.8, 4) is 0 Å². The molecule has 0 aromatic heterocycles. The summed E-state index contributed by atoms with van der Waals surface area (Å²) >= 11 is 0. The minimum atomic E-state index is 1.07. The second-order valence-corrected chi connectivity index (χ2v) is 4.67. The molecule has 1 aromatic carbocycles. The lowest BCUT2D eigenvalue weighted by Crippen LogP contribution is -2.23. The summed E-state index contributed by atoms with van der Waals surface area (Å²) in [6.45, 7) is 3.30. The Morgan fingerprint density at radius 3 is 2.67 bits per heavy atom. The number of unbranched alkanes of at least 4 members (excludes halogenated alkanes) is 1. The van der Waals surface area contributed by atoms with Gasteiger partial charge in [0, 0.05) is 12.1 Å². The van der Waals surface area contributed by atoms with Crippen LogP contribution in [0.25, 0.3) is 0 Å². The third-order valence-electron chi connectivity index (χ3n) is 3.39. The van der Waals surface area contributed by atoms with Crippen LogP contribution in [-0.2, 0) is 0 Å². The molecule has 92 valence electrons. The number of hydrogen-bond donors (Lipinski definition) is 1. The second-order valence-electron chi connectivity index (χ2n) is 4.67. The monoisotopic (exact) mass is 238 g/mol. The van der Waals surface area contributed by atoms with E-state index in [1.807, 2.05) is 0 Å². The number of benzene rings is 1. The number of rotatable bonds is 3. The standard InChI is InChI=1S/C16H18N2/c1-2-3-12-18-15-11-7-6-10-14(15)17-16(18)13-8-4-5-9-13/h4-11,17H,2-3,12H2,1H3. The van der Waals surface area contributed by atoms with Crippen molar-refractivity contribution in [3.05, 3.63) is 60.0 Å². The second kappa shape index (κ2) is 4.73. The van der Waals surface area contributed by atoms with Crippen LogP contribution in [0.2, 0.25) is 0 Å². The maximum absolute atomic E-state index is 3.54.